The molecule has 0 bridgehead atoms. The zero-order valence-electron chi connectivity index (χ0n) is 18.4. The number of nitrogens with zero attached hydrogens (tertiary/aromatic N) is 2. The van der Waals surface area contributed by atoms with E-state index < -0.39 is 32.9 Å². The van der Waals surface area contributed by atoms with Crippen molar-refractivity contribution < 1.29 is 40.6 Å². The van der Waals surface area contributed by atoms with Gasteiger partial charge in [0, 0.05) is 23.7 Å². The van der Waals surface area contributed by atoms with Crippen LogP contribution in [-0.4, -0.2) is 47.7 Å². The maximum absolute atomic E-state index is 14.7. The zero-order valence-corrected chi connectivity index (χ0v) is 19.2. The first-order valence-corrected chi connectivity index (χ1v) is 11.4. The highest BCUT2D eigenvalue weighted by Crippen LogP contribution is 2.27. The SMILES string of the molecule is COc1cccc(CNS(=O)(=O)c2ccc(-c3ncnc4[nH]ccc34)cc2F)c1.O=C(O)C(F)(F)F. The van der Waals surface area contributed by atoms with E-state index in [1.165, 1.54) is 25.6 Å². The first kappa shape index (κ1) is 26.6. The smallest absolute Gasteiger partial charge is 0.490 e. The lowest BCUT2D eigenvalue weighted by Gasteiger charge is -2.10. The van der Waals surface area contributed by atoms with E-state index >= 15 is 0 Å². The Balaban J connectivity index is 0.000000454. The molecule has 0 spiro atoms. The normalized spacial score (nSPS) is 11.6. The van der Waals surface area contributed by atoms with Crippen LogP contribution in [0, 0.1) is 5.82 Å². The maximum atomic E-state index is 14.7. The van der Waals surface area contributed by atoms with Gasteiger partial charge in [-0.15, -0.1) is 0 Å². The van der Waals surface area contributed by atoms with Crippen molar-refractivity contribution in [1.29, 1.82) is 0 Å². The second-order valence-corrected chi connectivity index (χ2v) is 8.82. The molecule has 0 fully saturated rings. The third kappa shape index (κ3) is 6.34. The van der Waals surface area contributed by atoms with Gasteiger partial charge in [0.15, 0.2) is 0 Å². The Morgan fingerprint density at radius 3 is 2.50 bits per heavy atom. The van der Waals surface area contributed by atoms with Crippen LogP contribution in [0.4, 0.5) is 17.6 Å². The maximum Gasteiger partial charge on any atom is 0.490 e. The molecule has 36 heavy (non-hydrogen) atoms. The number of aromatic nitrogens is 3. The zero-order chi connectivity index (χ0) is 26.5. The summed E-state index contributed by atoms with van der Waals surface area (Å²) in [5.41, 5.74) is 2.29. The Morgan fingerprint density at radius 1 is 1.14 bits per heavy atom. The number of hydrogen-bond donors (Lipinski definition) is 3. The monoisotopic (exact) mass is 526 g/mol. The number of halogens is 4. The van der Waals surface area contributed by atoms with Crippen LogP contribution < -0.4 is 9.46 Å². The highest BCUT2D eigenvalue weighted by molar-refractivity contribution is 7.89. The summed E-state index contributed by atoms with van der Waals surface area (Å²) >= 11 is 0. The van der Waals surface area contributed by atoms with Crippen LogP contribution in [0.2, 0.25) is 0 Å². The Morgan fingerprint density at radius 2 is 1.86 bits per heavy atom. The molecule has 0 amide bonds. The molecule has 4 rings (SSSR count). The van der Waals surface area contributed by atoms with Gasteiger partial charge in [-0.25, -0.2) is 32.3 Å². The summed E-state index contributed by atoms with van der Waals surface area (Å²) in [4.78, 5) is 19.7. The number of H-pyrrole nitrogens is 1. The lowest BCUT2D eigenvalue weighted by atomic mass is 10.1. The van der Waals surface area contributed by atoms with Gasteiger partial charge < -0.3 is 14.8 Å². The molecule has 14 heteroatoms. The van der Waals surface area contributed by atoms with E-state index in [4.69, 9.17) is 14.6 Å². The minimum atomic E-state index is -5.08. The van der Waals surface area contributed by atoms with E-state index in [9.17, 15) is 26.0 Å². The standard InChI is InChI=1S/C20H17FN4O3S.C2HF3O2/c1-28-15-4-2-3-13(9-15)11-25-29(26,27)18-6-5-14(10-17(18)21)19-16-7-8-22-20(16)24-12-23-19;3-2(4,5)1(6)7/h2-10,12,25H,11H2,1H3,(H,22,23,24);(H,6,7). The molecule has 0 radical (unpaired) electrons. The van der Waals surface area contributed by atoms with Gasteiger partial charge in [-0.1, -0.05) is 18.2 Å². The minimum Gasteiger partial charge on any atom is -0.497 e. The summed E-state index contributed by atoms with van der Waals surface area (Å²) in [6.45, 7) is 0.0105. The van der Waals surface area contributed by atoms with Gasteiger partial charge in [0.1, 0.15) is 28.4 Å². The number of benzene rings is 2. The van der Waals surface area contributed by atoms with Crippen LogP contribution in [0.1, 0.15) is 5.56 Å². The molecule has 3 N–H and O–H groups in total. The predicted molar refractivity (Wildman–Crippen MR) is 120 cm³/mol. The third-order valence-electron chi connectivity index (χ3n) is 4.69. The first-order chi connectivity index (χ1) is 16.9. The Hall–Kier alpha value is -4.04. The van der Waals surface area contributed by atoms with Crippen LogP contribution in [-0.2, 0) is 21.4 Å². The summed E-state index contributed by atoms with van der Waals surface area (Å²) in [6.07, 6.45) is -2.01. The number of carbonyl (C=O) groups is 1. The summed E-state index contributed by atoms with van der Waals surface area (Å²) in [6, 6.07) is 12.7. The van der Waals surface area contributed by atoms with E-state index in [0.29, 0.717) is 28.2 Å². The van der Waals surface area contributed by atoms with Crippen molar-refractivity contribution >= 4 is 27.0 Å². The molecule has 0 unspecified atom stereocenters. The molecule has 0 aliphatic rings. The number of carboxylic acids is 1. The molecular formula is C22H18F4N4O5S. The lowest BCUT2D eigenvalue weighted by molar-refractivity contribution is -0.192. The molecule has 0 aliphatic carbocycles. The molecule has 4 aromatic rings. The van der Waals surface area contributed by atoms with Crippen LogP contribution in [0.15, 0.2) is 66.0 Å². The van der Waals surface area contributed by atoms with Gasteiger partial charge >= 0.3 is 12.1 Å². The number of hydrogen-bond acceptors (Lipinski definition) is 6. The third-order valence-corrected chi connectivity index (χ3v) is 6.13. The van der Waals surface area contributed by atoms with E-state index in [2.05, 4.69) is 19.7 Å². The van der Waals surface area contributed by atoms with Crippen molar-refractivity contribution in [2.75, 3.05) is 7.11 Å². The minimum absolute atomic E-state index is 0.0105. The van der Waals surface area contributed by atoms with Gasteiger partial charge in [0.2, 0.25) is 10.0 Å². The average Bonchev–Trinajstić information content (AvgIpc) is 3.31. The molecule has 2 aromatic carbocycles. The van der Waals surface area contributed by atoms with Crippen LogP contribution in [0.3, 0.4) is 0 Å². The number of fused-ring (bicyclic) bond motifs is 1. The highest BCUT2D eigenvalue weighted by atomic mass is 32.2. The molecule has 2 heterocycles. The quantitative estimate of drug-likeness (QED) is 0.325. The molecular weight excluding hydrogens is 508 g/mol. The van der Waals surface area contributed by atoms with Crippen molar-refractivity contribution in [3.05, 3.63) is 72.4 Å². The van der Waals surface area contributed by atoms with E-state index in [0.717, 1.165) is 11.5 Å². The molecule has 0 aliphatic heterocycles. The van der Waals surface area contributed by atoms with Crippen molar-refractivity contribution in [2.24, 2.45) is 0 Å². The molecule has 9 nitrogen and oxygen atoms in total. The van der Waals surface area contributed by atoms with Crippen LogP contribution in [0.25, 0.3) is 22.3 Å². The summed E-state index contributed by atoms with van der Waals surface area (Å²) in [5, 5.41) is 7.85. The molecule has 0 atom stereocenters. The number of alkyl halides is 3. The number of sulfonamides is 1. The Bertz CT molecular complexity index is 1490. The molecule has 0 saturated carbocycles. The number of nitrogens with one attached hydrogen (secondary N) is 2. The summed E-state index contributed by atoms with van der Waals surface area (Å²) in [5.74, 6) is -3.01. The van der Waals surface area contributed by atoms with Crippen molar-refractivity contribution in [2.45, 2.75) is 17.6 Å². The lowest BCUT2D eigenvalue weighted by Crippen LogP contribution is -2.24. The van der Waals surface area contributed by atoms with Gasteiger partial charge in [0.25, 0.3) is 0 Å². The first-order valence-electron chi connectivity index (χ1n) is 9.93. The number of carboxylic acid groups (broad SMARTS) is 1. The van der Waals surface area contributed by atoms with E-state index in [1.807, 2.05) is 0 Å². The Kier molecular flexibility index (Phi) is 7.90. The number of aliphatic carboxylic acids is 1. The average molecular weight is 526 g/mol. The molecule has 2 aromatic heterocycles. The van der Waals surface area contributed by atoms with Crippen molar-refractivity contribution in [3.63, 3.8) is 0 Å². The van der Waals surface area contributed by atoms with Crippen LogP contribution in [0.5, 0.6) is 5.75 Å². The van der Waals surface area contributed by atoms with Gasteiger partial charge in [-0.3, -0.25) is 0 Å². The second kappa shape index (κ2) is 10.7. The summed E-state index contributed by atoms with van der Waals surface area (Å²) in [7, 11) is -2.52. The highest BCUT2D eigenvalue weighted by Gasteiger charge is 2.38. The number of aromatic amines is 1. The predicted octanol–water partition coefficient (Wildman–Crippen LogP) is 3.88. The largest absolute Gasteiger partial charge is 0.497 e. The molecule has 190 valence electrons. The van der Waals surface area contributed by atoms with E-state index in [-0.39, 0.29) is 6.54 Å². The second-order valence-electron chi connectivity index (χ2n) is 7.09. The van der Waals surface area contributed by atoms with E-state index in [1.54, 1.807) is 36.5 Å². The number of rotatable bonds is 6. The fourth-order valence-electron chi connectivity index (χ4n) is 3.01. The van der Waals surface area contributed by atoms with Gasteiger partial charge in [0.05, 0.1) is 12.8 Å². The summed E-state index contributed by atoms with van der Waals surface area (Å²) < 4.78 is 79.2. The number of methoxy groups -OCH3 is 1. The fourth-order valence-corrected chi connectivity index (χ4v) is 4.08. The van der Waals surface area contributed by atoms with Crippen molar-refractivity contribution in [3.8, 4) is 17.0 Å². The fraction of sp³-hybridized carbons (Fsp3) is 0.136. The molecule has 0 saturated heterocycles. The van der Waals surface area contributed by atoms with Crippen molar-refractivity contribution in [1.82, 2.24) is 19.7 Å². The van der Waals surface area contributed by atoms with Gasteiger partial charge in [-0.05, 0) is 35.9 Å². The Labute approximate surface area is 201 Å². The topological polar surface area (TPSA) is 134 Å². The van der Waals surface area contributed by atoms with Gasteiger partial charge in [-0.2, -0.15) is 13.2 Å². The van der Waals surface area contributed by atoms with Crippen LogP contribution >= 0.6 is 0 Å². The number of ether oxygens (including phenoxy) is 1.